The van der Waals surface area contributed by atoms with Crippen molar-refractivity contribution in [2.24, 2.45) is 0 Å². The van der Waals surface area contributed by atoms with Crippen molar-refractivity contribution < 1.29 is 26.3 Å². The highest BCUT2D eigenvalue weighted by Gasteiger charge is 2.35. The van der Waals surface area contributed by atoms with Crippen LogP contribution in [0.1, 0.15) is 29.9 Å². The van der Waals surface area contributed by atoms with Crippen LogP contribution in [0.4, 0.5) is 13.2 Å². The van der Waals surface area contributed by atoms with Crippen molar-refractivity contribution >= 4 is 32.5 Å². The summed E-state index contributed by atoms with van der Waals surface area (Å²) in [6, 6.07) is 8.07. The lowest BCUT2D eigenvalue weighted by molar-refractivity contribution is -0.137. The highest BCUT2D eigenvalue weighted by atomic mass is 35.5. The van der Waals surface area contributed by atoms with E-state index < -0.39 is 26.8 Å². The van der Waals surface area contributed by atoms with Gasteiger partial charge < -0.3 is 9.72 Å². The third-order valence-electron chi connectivity index (χ3n) is 5.69. The molecule has 0 bridgehead atoms. The zero-order valence-electron chi connectivity index (χ0n) is 16.5. The third-order valence-corrected chi connectivity index (χ3v) is 8.07. The van der Waals surface area contributed by atoms with Gasteiger partial charge >= 0.3 is 6.18 Å². The minimum atomic E-state index is -4.59. The molecule has 166 valence electrons. The molecule has 1 aliphatic heterocycles. The summed E-state index contributed by atoms with van der Waals surface area (Å²) in [6.07, 6.45) is -1.48. The van der Waals surface area contributed by atoms with Crippen molar-refractivity contribution in [2.75, 3.05) is 20.2 Å². The second-order valence-electron chi connectivity index (χ2n) is 7.48. The molecule has 0 aliphatic carbocycles. The Hall–Kier alpha value is -2.23. The van der Waals surface area contributed by atoms with E-state index in [1.165, 1.54) is 4.31 Å². The molecule has 2 heterocycles. The van der Waals surface area contributed by atoms with Crippen LogP contribution in [0.25, 0.3) is 10.9 Å². The summed E-state index contributed by atoms with van der Waals surface area (Å²) in [5, 5.41) is 0.604. The van der Waals surface area contributed by atoms with E-state index in [-0.39, 0.29) is 23.9 Å². The number of alkyl halides is 3. The van der Waals surface area contributed by atoms with Crippen LogP contribution in [0.5, 0.6) is 5.75 Å². The molecule has 31 heavy (non-hydrogen) atoms. The Morgan fingerprint density at radius 2 is 1.84 bits per heavy atom. The first-order chi connectivity index (χ1) is 14.6. The zero-order chi connectivity index (χ0) is 22.4. The Morgan fingerprint density at radius 1 is 1.13 bits per heavy atom. The molecule has 2 aromatic carbocycles. The molecular formula is C21H20ClF3N2O3S. The Bertz CT molecular complexity index is 1220. The lowest BCUT2D eigenvalue weighted by Gasteiger charge is -2.31. The molecular weight excluding hydrogens is 453 g/mol. The van der Waals surface area contributed by atoms with Gasteiger partial charge in [0, 0.05) is 30.2 Å². The van der Waals surface area contributed by atoms with Gasteiger partial charge in [-0.3, -0.25) is 0 Å². The van der Waals surface area contributed by atoms with Crippen LogP contribution < -0.4 is 4.74 Å². The number of ether oxygens (including phenoxy) is 1. The van der Waals surface area contributed by atoms with Gasteiger partial charge in [0.2, 0.25) is 10.0 Å². The van der Waals surface area contributed by atoms with E-state index in [4.69, 9.17) is 16.3 Å². The predicted molar refractivity (Wildman–Crippen MR) is 112 cm³/mol. The average Bonchev–Trinajstić information content (AvgIpc) is 3.16. The van der Waals surface area contributed by atoms with Gasteiger partial charge in [-0.05, 0) is 60.7 Å². The fourth-order valence-electron chi connectivity index (χ4n) is 4.02. The maximum absolute atomic E-state index is 13.0. The molecule has 1 aliphatic rings. The Labute approximate surface area is 182 Å². The number of nitrogens with zero attached hydrogens (tertiary/aromatic N) is 1. The van der Waals surface area contributed by atoms with E-state index >= 15 is 0 Å². The molecule has 0 unspecified atom stereocenters. The van der Waals surface area contributed by atoms with E-state index in [2.05, 4.69) is 4.98 Å². The number of benzene rings is 2. The number of aromatic amines is 1. The molecule has 4 rings (SSSR count). The summed E-state index contributed by atoms with van der Waals surface area (Å²) in [7, 11) is -2.39. The van der Waals surface area contributed by atoms with Crippen LogP contribution in [-0.4, -0.2) is 37.9 Å². The van der Waals surface area contributed by atoms with Crippen LogP contribution in [0.15, 0.2) is 47.5 Å². The first kappa shape index (κ1) is 22.0. The maximum Gasteiger partial charge on any atom is 0.416 e. The van der Waals surface area contributed by atoms with Gasteiger partial charge in [0.1, 0.15) is 10.6 Å². The number of rotatable bonds is 4. The molecule has 0 amide bonds. The van der Waals surface area contributed by atoms with Crippen LogP contribution >= 0.6 is 11.6 Å². The van der Waals surface area contributed by atoms with Gasteiger partial charge in [0.05, 0.1) is 17.7 Å². The molecule has 0 atom stereocenters. The number of sulfonamides is 1. The second-order valence-corrected chi connectivity index (χ2v) is 9.79. The molecule has 1 aromatic heterocycles. The number of nitrogens with one attached hydrogen (secondary N) is 1. The Kier molecular flexibility index (Phi) is 5.70. The maximum atomic E-state index is 13.0. The number of hydrogen-bond donors (Lipinski definition) is 1. The topological polar surface area (TPSA) is 62.4 Å². The SMILES string of the molecule is COc1ccc2[nH]cc(C3CCN(S(=O)(=O)c4ccc(C(F)(F)F)cc4Cl)CC3)c2c1. The molecule has 1 fully saturated rings. The Morgan fingerprint density at radius 3 is 2.45 bits per heavy atom. The largest absolute Gasteiger partial charge is 0.497 e. The van der Waals surface area contributed by atoms with Crippen molar-refractivity contribution in [3.05, 3.63) is 58.7 Å². The van der Waals surface area contributed by atoms with E-state index in [1.54, 1.807) is 7.11 Å². The van der Waals surface area contributed by atoms with Gasteiger partial charge in [-0.15, -0.1) is 0 Å². The lowest BCUT2D eigenvalue weighted by atomic mass is 9.90. The molecule has 1 saturated heterocycles. The van der Waals surface area contributed by atoms with Crippen LogP contribution in [0.2, 0.25) is 5.02 Å². The first-order valence-corrected chi connectivity index (χ1v) is 11.4. The summed E-state index contributed by atoms with van der Waals surface area (Å²) < 4.78 is 71.2. The summed E-state index contributed by atoms with van der Waals surface area (Å²) in [6.45, 7) is 0.502. The van der Waals surface area contributed by atoms with Crippen molar-refractivity contribution in [1.29, 1.82) is 0 Å². The van der Waals surface area contributed by atoms with E-state index in [1.807, 2.05) is 24.4 Å². The minimum Gasteiger partial charge on any atom is -0.497 e. The van der Waals surface area contributed by atoms with Crippen LogP contribution in [0, 0.1) is 0 Å². The molecule has 0 spiro atoms. The number of H-pyrrole nitrogens is 1. The van der Waals surface area contributed by atoms with Crippen molar-refractivity contribution in [2.45, 2.75) is 29.8 Å². The van der Waals surface area contributed by atoms with E-state index in [0.29, 0.717) is 18.9 Å². The number of hydrogen-bond acceptors (Lipinski definition) is 3. The number of aromatic nitrogens is 1. The van der Waals surface area contributed by atoms with Crippen LogP contribution in [-0.2, 0) is 16.2 Å². The summed E-state index contributed by atoms with van der Waals surface area (Å²) in [5.74, 6) is 0.890. The van der Waals surface area contributed by atoms with Gasteiger partial charge in [0.25, 0.3) is 0 Å². The quantitative estimate of drug-likeness (QED) is 0.551. The molecule has 1 N–H and O–H groups in total. The summed E-state index contributed by atoms with van der Waals surface area (Å²) in [5.41, 5.74) is 1.09. The normalized spacial score (nSPS) is 16.7. The number of methoxy groups -OCH3 is 1. The summed E-state index contributed by atoms with van der Waals surface area (Å²) >= 11 is 5.92. The second kappa shape index (κ2) is 8.03. The van der Waals surface area contributed by atoms with Gasteiger partial charge in [-0.25, -0.2) is 8.42 Å². The van der Waals surface area contributed by atoms with Crippen molar-refractivity contribution in [1.82, 2.24) is 9.29 Å². The van der Waals surface area contributed by atoms with Gasteiger partial charge in [-0.2, -0.15) is 17.5 Å². The summed E-state index contributed by atoms with van der Waals surface area (Å²) in [4.78, 5) is 2.92. The first-order valence-electron chi connectivity index (χ1n) is 9.63. The molecule has 0 saturated carbocycles. The lowest BCUT2D eigenvalue weighted by Crippen LogP contribution is -2.38. The monoisotopic (exact) mass is 472 g/mol. The molecule has 3 aromatic rings. The smallest absolute Gasteiger partial charge is 0.416 e. The third kappa shape index (κ3) is 4.14. The van der Waals surface area contributed by atoms with Crippen LogP contribution in [0.3, 0.4) is 0 Å². The number of halogens is 4. The Balaban J connectivity index is 1.53. The highest BCUT2D eigenvalue weighted by Crippen LogP contribution is 2.38. The molecule has 10 heteroatoms. The number of fused-ring (bicyclic) bond motifs is 1. The van der Waals surface area contributed by atoms with Crippen molar-refractivity contribution in [3.8, 4) is 5.75 Å². The number of piperidine rings is 1. The standard InChI is InChI=1S/C21H20ClF3N2O3S/c1-30-15-3-4-19-16(11-15)17(12-26-19)13-6-8-27(9-7-13)31(28,29)20-5-2-14(10-18(20)22)21(23,24)25/h2-5,10-13,26H,6-9H2,1H3. The minimum absolute atomic E-state index is 0.149. The van der Waals surface area contributed by atoms with Crippen molar-refractivity contribution in [3.63, 3.8) is 0 Å². The van der Waals surface area contributed by atoms with E-state index in [0.717, 1.165) is 34.3 Å². The fraction of sp³-hybridized carbons (Fsp3) is 0.333. The molecule has 0 radical (unpaired) electrons. The average molecular weight is 473 g/mol. The van der Waals surface area contributed by atoms with E-state index in [9.17, 15) is 21.6 Å². The predicted octanol–water partition coefficient (Wildman–Crippen LogP) is 5.42. The highest BCUT2D eigenvalue weighted by molar-refractivity contribution is 7.89. The fourth-order valence-corrected chi connectivity index (χ4v) is 6.01. The van der Waals surface area contributed by atoms with Gasteiger partial charge in [0.15, 0.2) is 0 Å². The van der Waals surface area contributed by atoms with Gasteiger partial charge in [-0.1, -0.05) is 11.6 Å². The zero-order valence-corrected chi connectivity index (χ0v) is 18.1. The molecule has 5 nitrogen and oxygen atoms in total.